The molecule has 1 aliphatic heterocycles. The molecule has 0 spiro atoms. The molecule has 1 fully saturated rings. The summed E-state index contributed by atoms with van der Waals surface area (Å²) in [4.78, 5) is 15.6. The van der Waals surface area contributed by atoms with Crippen LogP contribution in [0.5, 0.6) is 0 Å². The molecule has 0 unspecified atom stereocenters. The lowest BCUT2D eigenvalue weighted by molar-refractivity contribution is 0.122. The summed E-state index contributed by atoms with van der Waals surface area (Å²) >= 11 is 1.70. The molecule has 0 radical (unpaired) electrons. The van der Waals surface area contributed by atoms with Crippen LogP contribution in [0.3, 0.4) is 0 Å². The number of rotatable bonds is 6. The zero-order valence-corrected chi connectivity index (χ0v) is 13.2. The van der Waals surface area contributed by atoms with E-state index in [9.17, 15) is 0 Å². The second-order valence-electron chi connectivity index (χ2n) is 5.12. The predicted molar refractivity (Wildman–Crippen MR) is 82.6 cm³/mol. The van der Waals surface area contributed by atoms with Gasteiger partial charge in [0.05, 0.1) is 13.2 Å². The minimum absolute atomic E-state index is 0.633. The number of nitrogens with one attached hydrogen (secondary N) is 1. The van der Waals surface area contributed by atoms with Crippen LogP contribution in [-0.4, -0.2) is 54.1 Å². The van der Waals surface area contributed by atoms with Crippen molar-refractivity contribution in [2.24, 2.45) is 5.92 Å². The van der Waals surface area contributed by atoms with Gasteiger partial charge in [0.15, 0.2) is 5.16 Å². The Morgan fingerprint density at radius 1 is 1.25 bits per heavy atom. The van der Waals surface area contributed by atoms with E-state index in [2.05, 4.69) is 39.0 Å². The number of morpholine rings is 1. The third-order valence-electron chi connectivity index (χ3n) is 3.05. The van der Waals surface area contributed by atoms with Crippen LogP contribution in [0.25, 0.3) is 0 Å². The number of nitrogens with zero attached hydrogens (tertiary/aromatic N) is 4. The number of aromatic nitrogens is 3. The molecule has 20 heavy (non-hydrogen) atoms. The van der Waals surface area contributed by atoms with Crippen LogP contribution in [0.4, 0.5) is 11.9 Å². The van der Waals surface area contributed by atoms with Crippen LogP contribution >= 0.6 is 11.8 Å². The number of hydrogen-bond donors (Lipinski definition) is 1. The predicted octanol–water partition coefficient (Wildman–Crippen LogP) is 1.89. The van der Waals surface area contributed by atoms with Crippen LogP contribution in [-0.2, 0) is 4.74 Å². The molecule has 2 rings (SSSR count). The van der Waals surface area contributed by atoms with E-state index < -0.39 is 0 Å². The van der Waals surface area contributed by atoms with E-state index >= 15 is 0 Å². The van der Waals surface area contributed by atoms with Crippen molar-refractivity contribution in [2.45, 2.75) is 25.4 Å². The molecular weight excluding hydrogens is 274 g/mol. The highest BCUT2D eigenvalue weighted by molar-refractivity contribution is 7.99. The zero-order valence-electron chi connectivity index (χ0n) is 12.4. The van der Waals surface area contributed by atoms with Crippen molar-refractivity contribution in [1.29, 1.82) is 0 Å². The second kappa shape index (κ2) is 7.64. The normalized spacial score (nSPS) is 15.7. The summed E-state index contributed by atoms with van der Waals surface area (Å²) in [5.74, 6) is 3.12. The zero-order chi connectivity index (χ0) is 14.4. The maximum absolute atomic E-state index is 5.37. The molecule has 0 aliphatic carbocycles. The van der Waals surface area contributed by atoms with E-state index in [0.717, 1.165) is 49.6 Å². The number of anilines is 2. The lowest BCUT2D eigenvalue weighted by Crippen LogP contribution is -2.37. The molecule has 1 saturated heterocycles. The van der Waals surface area contributed by atoms with E-state index in [-0.39, 0.29) is 0 Å². The van der Waals surface area contributed by atoms with E-state index in [4.69, 9.17) is 4.74 Å². The minimum atomic E-state index is 0.633. The van der Waals surface area contributed by atoms with Crippen molar-refractivity contribution in [2.75, 3.05) is 49.3 Å². The van der Waals surface area contributed by atoms with Gasteiger partial charge in [-0.3, -0.25) is 0 Å². The van der Waals surface area contributed by atoms with Gasteiger partial charge in [-0.15, -0.1) is 0 Å². The van der Waals surface area contributed by atoms with E-state index in [1.807, 2.05) is 7.05 Å². The van der Waals surface area contributed by atoms with E-state index in [0.29, 0.717) is 11.9 Å². The SMILES string of the molecule is CNc1nc(SCCC(C)C)nc(N2CCOCC2)n1. The van der Waals surface area contributed by atoms with Gasteiger partial charge >= 0.3 is 0 Å². The first-order valence-electron chi connectivity index (χ1n) is 7.08. The van der Waals surface area contributed by atoms with Crippen LogP contribution in [0.2, 0.25) is 0 Å². The molecular formula is C13H23N5OS. The van der Waals surface area contributed by atoms with Crippen LogP contribution < -0.4 is 10.2 Å². The second-order valence-corrected chi connectivity index (χ2v) is 6.18. The van der Waals surface area contributed by atoms with Gasteiger partial charge in [0.25, 0.3) is 0 Å². The lowest BCUT2D eigenvalue weighted by atomic mass is 10.2. The topological polar surface area (TPSA) is 63.2 Å². The van der Waals surface area contributed by atoms with Crippen molar-refractivity contribution >= 4 is 23.7 Å². The molecule has 1 N–H and O–H groups in total. The fraction of sp³-hybridized carbons (Fsp3) is 0.769. The number of thioether (sulfide) groups is 1. The average Bonchev–Trinajstić information content (AvgIpc) is 2.47. The Balaban J connectivity index is 2.06. The summed E-state index contributed by atoms with van der Waals surface area (Å²) in [7, 11) is 1.83. The Labute approximate surface area is 124 Å². The maximum Gasteiger partial charge on any atom is 0.231 e. The standard InChI is InChI=1S/C13H23N5OS/c1-10(2)4-9-20-13-16-11(14-3)15-12(17-13)18-5-7-19-8-6-18/h10H,4-9H2,1-3H3,(H,14,15,16,17). The Hall–Kier alpha value is -1.08. The molecule has 6 nitrogen and oxygen atoms in total. The Kier molecular flexibility index (Phi) is 5.85. The molecule has 2 heterocycles. The van der Waals surface area contributed by atoms with Crippen molar-refractivity contribution in [3.8, 4) is 0 Å². The minimum Gasteiger partial charge on any atom is -0.378 e. The Morgan fingerprint density at radius 3 is 2.65 bits per heavy atom. The van der Waals surface area contributed by atoms with Crippen LogP contribution in [0.1, 0.15) is 20.3 Å². The maximum atomic E-state index is 5.37. The summed E-state index contributed by atoms with van der Waals surface area (Å²) in [6, 6.07) is 0. The molecule has 1 aromatic rings. The highest BCUT2D eigenvalue weighted by Crippen LogP contribution is 2.21. The monoisotopic (exact) mass is 297 g/mol. The van der Waals surface area contributed by atoms with Gasteiger partial charge < -0.3 is 15.0 Å². The molecule has 0 atom stereocenters. The van der Waals surface area contributed by atoms with Gasteiger partial charge in [-0.1, -0.05) is 25.6 Å². The highest BCUT2D eigenvalue weighted by Gasteiger charge is 2.16. The molecule has 0 bridgehead atoms. The van der Waals surface area contributed by atoms with Crippen molar-refractivity contribution < 1.29 is 4.74 Å². The van der Waals surface area contributed by atoms with Crippen LogP contribution in [0.15, 0.2) is 5.16 Å². The molecule has 1 aliphatic rings. The fourth-order valence-corrected chi connectivity index (χ4v) is 2.88. The average molecular weight is 297 g/mol. The molecule has 0 aromatic carbocycles. The van der Waals surface area contributed by atoms with Crippen molar-refractivity contribution in [1.82, 2.24) is 15.0 Å². The number of ether oxygens (including phenoxy) is 1. The summed E-state index contributed by atoms with van der Waals surface area (Å²) < 4.78 is 5.37. The van der Waals surface area contributed by atoms with Crippen molar-refractivity contribution in [3.05, 3.63) is 0 Å². The van der Waals surface area contributed by atoms with Crippen LogP contribution in [0, 0.1) is 5.92 Å². The lowest BCUT2D eigenvalue weighted by Gasteiger charge is -2.27. The summed E-state index contributed by atoms with van der Waals surface area (Å²) in [5.41, 5.74) is 0. The first-order valence-corrected chi connectivity index (χ1v) is 8.07. The van der Waals surface area contributed by atoms with Gasteiger partial charge in [0.1, 0.15) is 0 Å². The van der Waals surface area contributed by atoms with Gasteiger partial charge in [0.2, 0.25) is 11.9 Å². The molecule has 112 valence electrons. The van der Waals surface area contributed by atoms with Gasteiger partial charge in [0, 0.05) is 25.9 Å². The third kappa shape index (κ3) is 4.49. The van der Waals surface area contributed by atoms with Gasteiger partial charge in [-0.2, -0.15) is 15.0 Å². The molecule has 0 saturated carbocycles. The number of hydrogen-bond acceptors (Lipinski definition) is 7. The highest BCUT2D eigenvalue weighted by atomic mass is 32.2. The fourth-order valence-electron chi connectivity index (χ4n) is 1.81. The molecule has 0 amide bonds. The quantitative estimate of drug-likeness (QED) is 0.804. The Morgan fingerprint density at radius 2 is 2.00 bits per heavy atom. The van der Waals surface area contributed by atoms with Gasteiger partial charge in [-0.05, 0) is 12.3 Å². The smallest absolute Gasteiger partial charge is 0.231 e. The van der Waals surface area contributed by atoms with Gasteiger partial charge in [-0.25, -0.2) is 0 Å². The first-order chi connectivity index (χ1) is 9.69. The van der Waals surface area contributed by atoms with E-state index in [1.165, 1.54) is 0 Å². The van der Waals surface area contributed by atoms with E-state index in [1.54, 1.807) is 11.8 Å². The summed E-state index contributed by atoms with van der Waals surface area (Å²) in [5, 5.41) is 3.81. The molecule has 1 aromatic heterocycles. The molecule has 7 heteroatoms. The third-order valence-corrected chi connectivity index (χ3v) is 3.93. The van der Waals surface area contributed by atoms with Crippen molar-refractivity contribution in [3.63, 3.8) is 0 Å². The first kappa shape index (κ1) is 15.3. The Bertz CT molecular complexity index is 423. The largest absolute Gasteiger partial charge is 0.378 e. The summed E-state index contributed by atoms with van der Waals surface area (Å²) in [6.45, 7) is 7.59. The summed E-state index contributed by atoms with van der Waals surface area (Å²) in [6.07, 6.45) is 1.16.